The van der Waals surface area contributed by atoms with Gasteiger partial charge in [-0.1, -0.05) is 60.7 Å². The molecule has 0 radical (unpaired) electrons. The Morgan fingerprint density at radius 3 is 2.09 bits per heavy atom. The maximum Gasteiger partial charge on any atom is 0.123 e. The predicted octanol–water partition coefficient (Wildman–Crippen LogP) is 5.15. The zero-order valence-corrected chi connectivity index (χ0v) is 20.7. The molecule has 3 heterocycles. The SMILES string of the molecule is COc1ccc(N(C)C)cc1CNC1C2CCN(CC2)C1C(c1ccccc1)c1ccccc1. The van der Waals surface area contributed by atoms with Gasteiger partial charge in [-0.05, 0) is 61.2 Å². The van der Waals surface area contributed by atoms with E-state index in [4.69, 9.17) is 4.74 Å². The van der Waals surface area contributed by atoms with Gasteiger partial charge in [-0.15, -0.1) is 0 Å². The summed E-state index contributed by atoms with van der Waals surface area (Å²) in [6.07, 6.45) is 2.55. The Morgan fingerprint density at radius 1 is 0.912 bits per heavy atom. The summed E-state index contributed by atoms with van der Waals surface area (Å²) in [5, 5.41) is 4.04. The molecule has 4 nitrogen and oxygen atoms in total. The fourth-order valence-corrected chi connectivity index (χ4v) is 6.10. The molecule has 0 amide bonds. The highest BCUT2D eigenvalue weighted by Gasteiger charge is 2.46. The highest BCUT2D eigenvalue weighted by molar-refractivity contribution is 5.52. The van der Waals surface area contributed by atoms with Crippen LogP contribution in [0, 0.1) is 5.92 Å². The molecular weight excluding hydrogens is 418 g/mol. The van der Waals surface area contributed by atoms with E-state index in [9.17, 15) is 0 Å². The number of methoxy groups -OCH3 is 1. The van der Waals surface area contributed by atoms with Crippen molar-refractivity contribution in [2.75, 3.05) is 39.2 Å². The Kier molecular flexibility index (Phi) is 6.89. The lowest BCUT2D eigenvalue weighted by Gasteiger charge is -2.54. The minimum absolute atomic E-state index is 0.345. The minimum Gasteiger partial charge on any atom is -0.496 e. The van der Waals surface area contributed by atoms with Gasteiger partial charge in [0, 0.05) is 49.9 Å². The fraction of sp³-hybridized carbons (Fsp3) is 0.400. The lowest BCUT2D eigenvalue weighted by molar-refractivity contribution is 0.00462. The van der Waals surface area contributed by atoms with Crippen LogP contribution in [0.2, 0.25) is 0 Å². The van der Waals surface area contributed by atoms with Crippen molar-refractivity contribution in [3.63, 3.8) is 0 Å². The molecule has 0 saturated carbocycles. The molecule has 1 N–H and O–H groups in total. The van der Waals surface area contributed by atoms with E-state index in [1.165, 1.54) is 48.3 Å². The molecule has 3 aliphatic heterocycles. The molecule has 0 spiro atoms. The molecule has 3 aromatic carbocycles. The average molecular weight is 456 g/mol. The molecule has 3 fully saturated rings. The van der Waals surface area contributed by atoms with E-state index in [2.05, 4.69) is 108 Å². The maximum atomic E-state index is 5.73. The van der Waals surface area contributed by atoms with Crippen molar-refractivity contribution in [3.05, 3.63) is 95.6 Å². The van der Waals surface area contributed by atoms with E-state index in [0.717, 1.165) is 12.3 Å². The number of hydrogen-bond donors (Lipinski definition) is 1. The zero-order valence-electron chi connectivity index (χ0n) is 20.7. The van der Waals surface area contributed by atoms with Crippen molar-refractivity contribution in [2.24, 2.45) is 5.92 Å². The van der Waals surface area contributed by atoms with Gasteiger partial charge >= 0.3 is 0 Å². The van der Waals surface area contributed by atoms with Gasteiger partial charge in [0.1, 0.15) is 5.75 Å². The lowest BCUT2D eigenvalue weighted by atomic mass is 9.70. The number of ether oxygens (including phenoxy) is 1. The fourth-order valence-electron chi connectivity index (χ4n) is 6.10. The third-order valence-electron chi connectivity index (χ3n) is 7.84. The first-order valence-corrected chi connectivity index (χ1v) is 12.6. The number of piperidine rings is 3. The van der Waals surface area contributed by atoms with Crippen LogP contribution in [0.3, 0.4) is 0 Å². The summed E-state index contributed by atoms with van der Waals surface area (Å²) in [6, 6.07) is 29.5. The summed E-state index contributed by atoms with van der Waals surface area (Å²) in [5.41, 5.74) is 5.24. The second kappa shape index (κ2) is 10.2. The zero-order chi connectivity index (χ0) is 23.5. The Bertz CT molecular complexity index is 1020. The minimum atomic E-state index is 0.345. The van der Waals surface area contributed by atoms with Gasteiger partial charge in [0.05, 0.1) is 7.11 Å². The van der Waals surface area contributed by atoms with Crippen LogP contribution in [0.1, 0.15) is 35.4 Å². The van der Waals surface area contributed by atoms with E-state index in [0.29, 0.717) is 23.9 Å². The summed E-state index contributed by atoms with van der Waals surface area (Å²) < 4.78 is 5.73. The van der Waals surface area contributed by atoms with Gasteiger partial charge in [-0.3, -0.25) is 4.90 Å². The number of nitrogens with one attached hydrogen (secondary N) is 1. The summed E-state index contributed by atoms with van der Waals surface area (Å²) in [7, 11) is 5.95. The molecule has 0 aliphatic carbocycles. The number of rotatable bonds is 8. The van der Waals surface area contributed by atoms with Gasteiger partial charge in [0.15, 0.2) is 0 Å². The number of benzene rings is 3. The average Bonchev–Trinajstić information content (AvgIpc) is 2.89. The van der Waals surface area contributed by atoms with Gasteiger partial charge in [-0.2, -0.15) is 0 Å². The quantitative estimate of drug-likeness (QED) is 0.509. The molecular formula is C30H37N3O. The third-order valence-corrected chi connectivity index (χ3v) is 7.84. The highest BCUT2D eigenvalue weighted by atomic mass is 16.5. The number of nitrogens with zero attached hydrogens (tertiary/aromatic N) is 2. The van der Waals surface area contributed by atoms with Crippen LogP contribution >= 0.6 is 0 Å². The predicted molar refractivity (Wildman–Crippen MR) is 141 cm³/mol. The molecule has 2 bridgehead atoms. The number of anilines is 1. The van der Waals surface area contributed by atoms with E-state index < -0.39 is 0 Å². The molecule has 4 heteroatoms. The highest BCUT2D eigenvalue weighted by Crippen LogP contribution is 2.42. The molecule has 3 aromatic rings. The van der Waals surface area contributed by atoms with Crippen LogP contribution < -0.4 is 15.0 Å². The number of hydrogen-bond acceptors (Lipinski definition) is 4. The van der Waals surface area contributed by atoms with Crippen LogP contribution in [0.25, 0.3) is 0 Å². The second-order valence-electron chi connectivity index (χ2n) is 9.96. The largest absolute Gasteiger partial charge is 0.496 e. The smallest absolute Gasteiger partial charge is 0.123 e. The first-order chi connectivity index (χ1) is 16.7. The van der Waals surface area contributed by atoms with Gasteiger partial charge in [-0.25, -0.2) is 0 Å². The van der Waals surface area contributed by atoms with E-state index in [1.54, 1.807) is 7.11 Å². The molecule has 178 valence electrons. The first kappa shape index (κ1) is 22.9. The van der Waals surface area contributed by atoms with E-state index in [-0.39, 0.29) is 0 Å². The molecule has 6 rings (SSSR count). The van der Waals surface area contributed by atoms with Crippen molar-refractivity contribution in [2.45, 2.75) is 37.4 Å². The summed E-state index contributed by atoms with van der Waals surface area (Å²) in [5.74, 6) is 2.00. The normalized spacial score (nSPS) is 23.8. The molecule has 2 atom stereocenters. The number of fused-ring (bicyclic) bond motifs is 3. The second-order valence-corrected chi connectivity index (χ2v) is 9.96. The summed E-state index contributed by atoms with van der Waals surface area (Å²) in [6.45, 7) is 3.21. The molecule has 3 aliphatic rings. The van der Waals surface area contributed by atoms with Crippen molar-refractivity contribution in [3.8, 4) is 5.75 Å². The van der Waals surface area contributed by atoms with Crippen molar-refractivity contribution in [1.82, 2.24) is 10.2 Å². The Balaban J connectivity index is 1.48. The lowest BCUT2D eigenvalue weighted by Crippen LogP contribution is -2.64. The molecule has 0 aromatic heterocycles. The Labute approximate surface area is 204 Å². The summed E-state index contributed by atoms with van der Waals surface area (Å²) >= 11 is 0. The molecule has 2 unspecified atom stereocenters. The van der Waals surface area contributed by atoms with Crippen LogP contribution in [-0.4, -0.2) is 51.3 Å². The Morgan fingerprint density at radius 2 is 1.53 bits per heavy atom. The van der Waals surface area contributed by atoms with Gasteiger partial charge < -0.3 is 15.0 Å². The third kappa shape index (κ3) is 4.57. The van der Waals surface area contributed by atoms with Crippen LogP contribution in [0.15, 0.2) is 78.9 Å². The topological polar surface area (TPSA) is 27.7 Å². The Hall–Kier alpha value is -2.82. The van der Waals surface area contributed by atoms with Crippen LogP contribution in [0.4, 0.5) is 5.69 Å². The van der Waals surface area contributed by atoms with E-state index >= 15 is 0 Å². The standard InChI is InChI=1S/C30H37N3O/c1-32(2)26-14-15-27(34-3)25(20-26)21-31-29-24-16-18-33(19-17-24)30(29)28(22-10-6-4-7-11-22)23-12-8-5-9-13-23/h4-15,20,24,28-31H,16-19,21H2,1-3H3. The van der Waals surface area contributed by atoms with Gasteiger partial charge in [0.25, 0.3) is 0 Å². The van der Waals surface area contributed by atoms with Crippen molar-refractivity contribution in [1.29, 1.82) is 0 Å². The van der Waals surface area contributed by atoms with Crippen LogP contribution in [-0.2, 0) is 6.54 Å². The van der Waals surface area contributed by atoms with Gasteiger partial charge in [0.2, 0.25) is 0 Å². The monoisotopic (exact) mass is 455 g/mol. The van der Waals surface area contributed by atoms with Crippen molar-refractivity contribution >= 4 is 5.69 Å². The first-order valence-electron chi connectivity index (χ1n) is 12.6. The molecule has 3 saturated heterocycles. The summed E-state index contributed by atoms with van der Waals surface area (Å²) in [4.78, 5) is 4.90. The van der Waals surface area contributed by atoms with Crippen molar-refractivity contribution < 1.29 is 4.74 Å². The maximum absolute atomic E-state index is 5.73. The van der Waals surface area contributed by atoms with E-state index in [1.807, 2.05) is 0 Å². The molecule has 34 heavy (non-hydrogen) atoms. The van der Waals surface area contributed by atoms with Crippen LogP contribution in [0.5, 0.6) is 5.75 Å².